The minimum Gasteiger partial charge on any atom is -0.354 e. The van der Waals surface area contributed by atoms with E-state index < -0.39 is 0 Å². The van der Waals surface area contributed by atoms with Crippen LogP contribution in [0.25, 0.3) is 21.8 Å². The number of hydrogen-bond acceptors (Lipinski definition) is 3. The molecule has 6 nitrogen and oxygen atoms in total. The zero-order valence-corrected chi connectivity index (χ0v) is 21.3. The molecule has 0 atom stereocenters. The van der Waals surface area contributed by atoms with Crippen LogP contribution in [0.3, 0.4) is 0 Å². The molecule has 0 bridgehead atoms. The Morgan fingerprint density at radius 3 is 2.58 bits per heavy atom. The largest absolute Gasteiger partial charge is 0.354 e. The number of fused-ring (bicyclic) bond motifs is 3. The number of carbonyl (C=O) groups excluding carboxylic acids is 2. The van der Waals surface area contributed by atoms with E-state index in [1.54, 1.807) is 0 Å². The standard InChI is InChI=1S/C30H34N4O2/c1-4-21-6-5-7-25-24-13-10-22(17-27(24)33-30(21)25)31-28(35)14-15-34(23-11-12-23)18-29(36)32-26-16-19(2)8-9-20(26)3/h5-10,13,16-17,23,33H,4,11-12,14-15,18H2,1-3H3,(H,31,35)(H,32,36). The van der Waals surface area contributed by atoms with Crippen molar-refractivity contribution in [3.63, 3.8) is 0 Å². The lowest BCUT2D eigenvalue weighted by Crippen LogP contribution is -2.37. The summed E-state index contributed by atoms with van der Waals surface area (Å²) in [5.74, 6) is -0.0768. The second kappa shape index (κ2) is 10.2. The Hall–Kier alpha value is -3.64. The van der Waals surface area contributed by atoms with E-state index >= 15 is 0 Å². The molecule has 0 spiro atoms. The predicted molar refractivity (Wildman–Crippen MR) is 148 cm³/mol. The van der Waals surface area contributed by atoms with Gasteiger partial charge in [-0.2, -0.15) is 0 Å². The first-order chi connectivity index (χ1) is 17.4. The maximum atomic E-state index is 12.8. The molecule has 2 amide bonds. The summed E-state index contributed by atoms with van der Waals surface area (Å²) >= 11 is 0. The van der Waals surface area contributed by atoms with Gasteiger partial charge in [-0.05, 0) is 68.0 Å². The summed E-state index contributed by atoms with van der Waals surface area (Å²) in [6, 6.07) is 18.8. The number of nitrogens with zero attached hydrogens (tertiary/aromatic N) is 1. The van der Waals surface area contributed by atoms with Crippen molar-refractivity contribution in [2.24, 2.45) is 0 Å². The van der Waals surface area contributed by atoms with Gasteiger partial charge in [0.05, 0.1) is 6.54 Å². The van der Waals surface area contributed by atoms with Gasteiger partial charge in [0, 0.05) is 52.2 Å². The van der Waals surface area contributed by atoms with Crippen molar-refractivity contribution < 1.29 is 9.59 Å². The fraction of sp³-hybridized carbons (Fsp3) is 0.333. The summed E-state index contributed by atoms with van der Waals surface area (Å²) in [6.07, 6.45) is 3.47. The molecule has 5 rings (SSSR count). The smallest absolute Gasteiger partial charge is 0.238 e. The lowest BCUT2D eigenvalue weighted by Gasteiger charge is -2.21. The molecule has 1 aliphatic rings. The topological polar surface area (TPSA) is 77.2 Å². The fourth-order valence-corrected chi connectivity index (χ4v) is 4.91. The number of nitrogens with one attached hydrogen (secondary N) is 3. The van der Waals surface area contributed by atoms with E-state index in [2.05, 4.69) is 51.7 Å². The molecule has 0 radical (unpaired) electrons. The number of H-pyrrole nitrogens is 1. The molecule has 186 valence electrons. The normalized spacial score (nSPS) is 13.4. The number of aromatic nitrogens is 1. The number of amides is 2. The third-order valence-corrected chi connectivity index (χ3v) is 7.09. The molecule has 1 heterocycles. The zero-order chi connectivity index (χ0) is 25.2. The molecule has 1 aliphatic carbocycles. The first kappa shape index (κ1) is 24.1. The first-order valence-corrected chi connectivity index (χ1v) is 12.9. The highest BCUT2D eigenvalue weighted by molar-refractivity contribution is 6.09. The molecule has 3 N–H and O–H groups in total. The number of aromatic amines is 1. The van der Waals surface area contributed by atoms with Crippen LogP contribution in [0, 0.1) is 13.8 Å². The number of carbonyl (C=O) groups is 2. The van der Waals surface area contributed by atoms with Gasteiger partial charge in [0.25, 0.3) is 0 Å². The lowest BCUT2D eigenvalue weighted by atomic mass is 10.1. The van der Waals surface area contributed by atoms with Crippen molar-refractivity contribution >= 4 is 45.0 Å². The Balaban J connectivity index is 1.20. The molecule has 0 saturated heterocycles. The number of anilines is 2. The van der Waals surface area contributed by atoms with Crippen LogP contribution in [-0.2, 0) is 16.0 Å². The third-order valence-electron chi connectivity index (χ3n) is 7.09. The minimum atomic E-state index is -0.0414. The fourth-order valence-electron chi connectivity index (χ4n) is 4.91. The SMILES string of the molecule is CCc1cccc2c1[nH]c1cc(NC(=O)CCN(CC(=O)Nc3cc(C)ccc3C)C3CC3)ccc12. The van der Waals surface area contributed by atoms with Crippen molar-refractivity contribution in [1.29, 1.82) is 0 Å². The van der Waals surface area contributed by atoms with Crippen LogP contribution in [0.5, 0.6) is 0 Å². The maximum Gasteiger partial charge on any atom is 0.238 e. The highest BCUT2D eigenvalue weighted by atomic mass is 16.2. The van der Waals surface area contributed by atoms with Crippen LogP contribution < -0.4 is 10.6 Å². The highest BCUT2D eigenvalue weighted by Gasteiger charge is 2.30. The van der Waals surface area contributed by atoms with Crippen molar-refractivity contribution in [3.8, 4) is 0 Å². The van der Waals surface area contributed by atoms with Gasteiger partial charge >= 0.3 is 0 Å². The van der Waals surface area contributed by atoms with Gasteiger partial charge < -0.3 is 15.6 Å². The van der Waals surface area contributed by atoms with E-state index in [-0.39, 0.29) is 11.8 Å². The van der Waals surface area contributed by atoms with E-state index in [0.29, 0.717) is 25.6 Å². The van der Waals surface area contributed by atoms with Gasteiger partial charge in [-0.15, -0.1) is 0 Å². The molecule has 0 unspecified atom stereocenters. The van der Waals surface area contributed by atoms with E-state index in [9.17, 15) is 9.59 Å². The quantitative estimate of drug-likeness (QED) is 0.277. The molecule has 1 fully saturated rings. The average molecular weight is 483 g/mol. The van der Waals surface area contributed by atoms with Crippen LogP contribution in [-0.4, -0.2) is 40.8 Å². The van der Waals surface area contributed by atoms with E-state index in [1.165, 1.54) is 10.9 Å². The Morgan fingerprint density at radius 2 is 1.81 bits per heavy atom. The van der Waals surface area contributed by atoms with Crippen molar-refractivity contribution in [1.82, 2.24) is 9.88 Å². The molecule has 1 aromatic heterocycles. The Labute approximate surface area is 212 Å². The highest BCUT2D eigenvalue weighted by Crippen LogP contribution is 2.30. The maximum absolute atomic E-state index is 12.8. The monoisotopic (exact) mass is 482 g/mol. The lowest BCUT2D eigenvalue weighted by molar-refractivity contribution is -0.119. The van der Waals surface area contributed by atoms with Gasteiger partial charge in [-0.25, -0.2) is 0 Å². The molecule has 1 saturated carbocycles. The minimum absolute atomic E-state index is 0.0354. The van der Waals surface area contributed by atoms with Gasteiger partial charge in [0.2, 0.25) is 11.8 Å². The Bertz CT molecular complexity index is 1430. The third kappa shape index (κ3) is 5.29. The van der Waals surface area contributed by atoms with E-state index in [4.69, 9.17) is 0 Å². The van der Waals surface area contributed by atoms with Crippen LogP contribution in [0.15, 0.2) is 54.6 Å². The summed E-state index contributed by atoms with van der Waals surface area (Å²) in [7, 11) is 0. The number of benzene rings is 3. The number of rotatable bonds is 9. The second-order valence-corrected chi connectivity index (χ2v) is 9.94. The summed E-state index contributed by atoms with van der Waals surface area (Å²) in [6.45, 7) is 7.03. The van der Waals surface area contributed by atoms with Crippen molar-refractivity contribution in [3.05, 3.63) is 71.3 Å². The number of para-hydroxylation sites is 1. The van der Waals surface area contributed by atoms with Crippen LogP contribution in [0.4, 0.5) is 11.4 Å². The molecule has 4 aromatic rings. The summed E-state index contributed by atoms with van der Waals surface area (Å²) in [5.41, 5.74) is 7.27. The van der Waals surface area contributed by atoms with Gasteiger partial charge in [-0.1, -0.05) is 43.3 Å². The molecular formula is C30H34N4O2. The van der Waals surface area contributed by atoms with E-state index in [1.807, 2.05) is 44.2 Å². The molecule has 0 aliphatic heterocycles. The Kier molecular flexibility index (Phi) is 6.79. The number of hydrogen-bond donors (Lipinski definition) is 3. The van der Waals surface area contributed by atoms with Crippen molar-refractivity contribution in [2.45, 2.75) is 52.5 Å². The van der Waals surface area contributed by atoms with Crippen molar-refractivity contribution in [2.75, 3.05) is 23.7 Å². The van der Waals surface area contributed by atoms with Gasteiger partial charge in [0.1, 0.15) is 0 Å². The molecule has 36 heavy (non-hydrogen) atoms. The van der Waals surface area contributed by atoms with Gasteiger partial charge in [-0.3, -0.25) is 14.5 Å². The summed E-state index contributed by atoms with van der Waals surface area (Å²) in [4.78, 5) is 31.2. The van der Waals surface area contributed by atoms with Gasteiger partial charge in [0.15, 0.2) is 0 Å². The van der Waals surface area contributed by atoms with Crippen LogP contribution in [0.1, 0.15) is 42.9 Å². The predicted octanol–water partition coefficient (Wildman–Crippen LogP) is 5.93. The first-order valence-electron chi connectivity index (χ1n) is 12.9. The zero-order valence-electron chi connectivity index (χ0n) is 21.3. The average Bonchev–Trinajstić information content (AvgIpc) is 3.64. The van der Waals surface area contributed by atoms with Crippen LogP contribution >= 0.6 is 0 Å². The number of aryl methyl sites for hydroxylation is 3. The van der Waals surface area contributed by atoms with Crippen LogP contribution in [0.2, 0.25) is 0 Å². The van der Waals surface area contributed by atoms with E-state index in [0.717, 1.165) is 58.2 Å². The molecule has 3 aromatic carbocycles. The summed E-state index contributed by atoms with van der Waals surface area (Å²) in [5, 5.41) is 8.46. The molecular weight excluding hydrogens is 448 g/mol. The Morgan fingerprint density at radius 1 is 0.972 bits per heavy atom. The molecule has 6 heteroatoms. The second-order valence-electron chi connectivity index (χ2n) is 9.94. The summed E-state index contributed by atoms with van der Waals surface area (Å²) < 4.78 is 0.